The molecule has 1 heterocycles. The first-order valence-corrected chi connectivity index (χ1v) is 8.58. The summed E-state index contributed by atoms with van der Waals surface area (Å²) in [5, 5.41) is 6.54. The largest absolute Gasteiger partial charge is 0.326 e. The molecule has 0 unspecified atom stereocenters. The van der Waals surface area contributed by atoms with Crippen LogP contribution in [0.15, 0.2) is 60.8 Å². The summed E-state index contributed by atoms with van der Waals surface area (Å²) in [5.74, 6) is 0.101. The third-order valence-corrected chi connectivity index (χ3v) is 3.91. The zero-order valence-electron chi connectivity index (χ0n) is 14.8. The van der Waals surface area contributed by atoms with E-state index in [4.69, 9.17) is 0 Å². The van der Waals surface area contributed by atoms with Crippen molar-refractivity contribution < 1.29 is 9.59 Å². The zero-order valence-corrected chi connectivity index (χ0v) is 14.8. The molecule has 2 aromatic carbocycles. The molecule has 3 aromatic rings. The molecule has 0 aliphatic rings. The van der Waals surface area contributed by atoms with Crippen molar-refractivity contribution in [3.8, 4) is 0 Å². The quantitative estimate of drug-likeness (QED) is 0.715. The molecule has 0 bridgehead atoms. The van der Waals surface area contributed by atoms with Crippen LogP contribution in [0.3, 0.4) is 0 Å². The molecule has 0 spiro atoms. The maximum atomic E-state index is 12.6. The number of nitrogens with zero attached hydrogens (tertiary/aromatic N) is 1. The van der Waals surface area contributed by atoms with Crippen molar-refractivity contribution in [1.82, 2.24) is 4.98 Å². The van der Waals surface area contributed by atoms with E-state index in [2.05, 4.69) is 15.6 Å². The van der Waals surface area contributed by atoms with Crippen LogP contribution in [-0.4, -0.2) is 16.8 Å². The maximum Gasteiger partial charge on any atom is 0.256 e. The maximum absolute atomic E-state index is 12.6. The molecule has 5 nitrogen and oxygen atoms in total. The predicted molar refractivity (Wildman–Crippen MR) is 104 cm³/mol. The van der Waals surface area contributed by atoms with Crippen molar-refractivity contribution in [1.29, 1.82) is 0 Å². The number of carbonyl (C=O) groups is 2. The van der Waals surface area contributed by atoms with Crippen LogP contribution in [0.1, 0.15) is 30.6 Å². The van der Waals surface area contributed by atoms with Gasteiger partial charge in [-0.3, -0.25) is 14.6 Å². The smallest absolute Gasteiger partial charge is 0.256 e. The van der Waals surface area contributed by atoms with Crippen LogP contribution in [0.5, 0.6) is 0 Å². The number of hydrogen-bond acceptors (Lipinski definition) is 3. The lowest BCUT2D eigenvalue weighted by atomic mass is 10.1. The molecule has 0 aliphatic carbocycles. The van der Waals surface area contributed by atoms with E-state index in [9.17, 15) is 9.59 Å². The summed E-state index contributed by atoms with van der Waals surface area (Å²) in [6, 6.07) is 16.3. The summed E-state index contributed by atoms with van der Waals surface area (Å²) < 4.78 is 0. The second kappa shape index (κ2) is 7.78. The number of carbonyl (C=O) groups excluding carboxylic acids is 2. The van der Waals surface area contributed by atoms with Gasteiger partial charge in [0.15, 0.2) is 0 Å². The first-order valence-electron chi connectivity index (χ1n) is 8.58. The zero-order chi connectivity index (χ0) is 18.5. The Labute approximate surface area is 152 Å². The van der Waals surface area contributed by atoms with E-state index in [1.807, 2.05) is 38.1 Å². The van der Waals surface area contributed by atoms with E-state index in [1.165, 1.54) is 0 Å². The molecule has 2 N–H and O–H groups in total. The number of para-hydroxylation sites is 1. The molecule has 0 atom stereocenters. The highest BCUT2D eigenvalue weighted by Crippen LogP contribution is 2.19. The topological polar surface area (TPSA) is 71.1 Å². The van der Waals surface area contributed by atoms with Crippen molar-refractivity contribution in [3.63, 3.8) is 0 Å². The van der Waals surface area contributed by atoms with Crippen LogP contribution in [0, 0.1) is 5.92 Å². The monoisotopic (exact) mass is 347 g/mol. The number of amides is 2. The van der Waals surface area contributed by atoms with Gasteiger partial charge in [0, 0.05) is 29.4 Å². The second-order valence-corrected chi connectivity index (χ2v) is 6.55. The van der Waals surface area contributed by atoms with Crippen molar-refractivity contribution in [2.24, 2.45) is 5.92 Å². The highest BCUT2D eigenvalue weighted by Gasteiger charge is 2.11. The highest BCUT2D eigenvalue weighted by molar-refractivity contribution is 6.12. The molecule has 5 heteroatoms. The normalized spacial score (nSPS) is 10.7. The van der Waals surface area contributed by atoms with E-state index >= 15 is 0 Å². The average molecular weight is 347 g/mol. The van der Waals surface area contributed by atoms with Gasteiger partial charge >= 0.3 is 0 Å². The standard InChI is InChI=1S/C21H21N3O2/c1-14(2)13-20(25)23-15-7-9-16(10-8-15)24-21(26)18-11-12-22-19-6-4-3-5-17(18)19/h3-12,14H,13H2,1-2H3,(H,23,25)(H,24,26). The van der Waals surface area contributed by atoms with Gasteiger partial charge in [-0.05, 0) is 42.3 Å². The number of pyridine rings is 1. The number of fused-ring (bicyclic) bond motifs is 1. The van der Waals surface area contributed by atoms with Gasteiger partial charge in [0.2, 0.25) is 5.91 Å². The minimum atomic E-state index is -0.194. The summed E-state index contributed by atoms with van der Waals surface area (Å²) >= 11 is 0. The van der Waals surface area contributed by atoms with Gasteiger partial charge in [-0.1, -0.05) is 32.0 Å². The minimum absolute atomic E-state index is 0.0139. The molecule has 0 fully saturated rings. The van der Waals surface area contributed by atoms with Crippen molar-refractivity contribution in [2.45, 2.75) is 20.3 Å². The summed E-state index contributed by atoms with van der Waals surface area (Å²) in [6.07, 6.45) is 2.11. The molecule has 0 radical (unpaired) electrons. The lowest BCUT2D eigenvalue weighted by Crippen LogP contribution is -2.14. The minimum Gasteiger partial charge on any atom is -0.326 e. The third-order valence-electron chi connectivity index (χ3n) is 3.91. The summed E-state index contributed by atoms with van der Waals surface area (Å²) in [7, 11) is 0. The van der Waals surface area contributed by atoms with Crippen LogP contribution in [-0.2, 0) is 4.79 Å². The molecule has 3 rings (SSSR count). The van der Waals surface area contributed by atoms with Crippen LogP contribution in [0.25, 0.3) is 10.9 Å². The predicted octanol–water partition coefficient (Wildman–Crippen LogP) is 4.47. The van der Waals surface area contributed by atoms with Crippen molar-refractivity contribution in [2.75, 3.05) is 10.6 Å². The summed E-state index contributed by atoms with van der Waals surface area (Å²) in [4.78, 5) is 28.7. The molecule has 0 saturated carbocycles. The second-order valence-electron chi connectivity index (χ2n) is 6.55. The molecule has 26 heavy (non-hydrogen) atoms. The first-order chi connectivity index (χ1) is 12.5. The summed E-state index contributed by atoms with van der Waals surface area (Å²) in [6.45, 7) is 4.00. The van der Waals surface area contributed by atoms with Crippen LogP contribution in [0.4, 0.5) is 11.4 Å². The van der Waals surface area contributed by atoms with Crippen LogP contribution in [0.2, 0.25) is 0 Å². The first kappa shape index (κ1) is 17.6. The third kappa shape index (κ3) is 4.25. The molecule has 132 valence electrons. The van der Waals surface area contributed by atoms with Gasteiger partial charge in [-0.25, -0.2) is 0 Å². The lowest BCUT2D eigenvalue weighted by Gasteiger charge is -2.10. The fourth-order valence-electron chi connectivity index (χ4n) is 2.71. The number of rotatable bonds is 5. The molecular formula is C21H21N3O2. The Morgan fingerprint density at radius 2 is 1.58 bits per heavy atom. The summed E-state index contributed by atoms with van der Waals surface area (Å²) in [5.41, 5.74) is 2.73. The van der Waals surface area contributed by atoms with Gasteiger partial charge in [-0.15, -0.1) is 0 Å². The number of aromatic nitrogens is 1. The molecule has 0 aliphatic heterocycles. The van der Waals surface area contributed by atoms with Gasteiger partial charge in [0.25, 0.3) is 5.91 Å². The van der Waals surface area contributed by atoms with E-state index in [-0.39, 0.29) is 11.8 Å². The van der Waals surface area contributed by atoms with E-state index in [0.29, 0.717) is 29.3 Å². The Bertz CT molecular complexity index is 928. The van der Waals surface area contributed by atoms with Gasteiger partial charge < -0.3 is 10.6 Å². The molecule has 0 saturated heterocycles. The van der Waals surface area contributed by atoms with Crippen molar-refractivity contribution in [3.05, 3.63) is 66.4 Å². The Morgan fingerprint density at radius 3 is 2.27 bits per heavy atom. The average Bonchev–Trinajstić information content (AvgIpc) is 2.62. The van der Waals surface area contributed by atoms with E-state index in [1.54, 1.807) is 36.5 Å². The Kier molecular flexibility index (Phi) is 5.27. The SMILES string of the molecule is CC(C)CC(=O)Nc1ccc(NC(=O)c2ccnc3ccccc23)cc1. The van der Waals surface area contributed by atoms with Crippen molar-refractivity contribution >= 4 is 34.1 Å². The Morgan fingerprint density at radius 1 is 0.923 bits per heavy atom. The highest BCUT2D eigenvalue weighted by atomic mass is 16.2. The Hall–Kier alpha value is -3.21. The lowest BCUT2D eigenvalue weighted by molar-refractivity contribution is -0.116. The van der Waals surface area contributed by atoms with Gasteiger partial charge in [0.05, 0.1) is 11.1 Å². The van der Waals surface area contributed by atoms with Gasteiger partial charge in [0.1, 0.15) is 0 Å². The fraction of sp³-hybridized carbons (Fsp3) is 0.190. The van der Waals surface area contributed by atoms with E-state index in [0.717, 1.165) is 10.9 Å². The number of nitrogens with one attached hydrogen (secondary N) is 2. The number of hydrogen-bond donors (Lipinski definition) is 2. The molecular weight excluding hydrogens is 326 g/mol. The Balaban J connectivity index is 1.70. The molecule has 2 amide bonds. The number of anilines is 2. The van der Waals surface area contributed by atoms with Gasteiger partial charge in [-0.2, -0.15) is 0 Å². The van der Waals surface area contributed by atoms with Crippen LogP contribution >= 0.6 is 0 Å². The fourth-order valence-corrected chi connectivity index (χ4v) is 2.71. The van der Waals surface area contributed by atoms with Crippen LogP contribution < -0.4 is 10.6 Å². The van der Waals surface area contributed by atoms with E-state index < -0.39 is 0 Å². The number of benzene rings is 2. The molecule has 1 aromatic heterocycles.